The third kappa shape index (κ3) is 2.50. The molecule has 58 valence electrons. The van der Waals surface area contributed by atoms with Gasteiger partial charge in [-0.25, -0.2) is 4.79 Å². The summed E-state index contributed by atoms with van der Waals surface area (Å²) < 4.78 is 4.58. The minimum absolute atomic E-state index is 0.326. The summed E-state index contributed by atoms with van der Waals surface area (Å²) >= 11 is 0. The molecule has 0 saturated carbocycles. The van der Waals surface area contributed by atoms with E-state index >= 15 is 0 Å². The lowest BCUT2D eigenvalue weighted by atomic mass is 10.8. The monoisotopic (exact) mass is 145 g/mol. The standard InChI is InChI=1S/C6H11NO3/c1-4-7(9-3)6(8)10-5-2/h4H,1,5H2,2-3H3. The highest BCUT2D eigenvalue weighted by molar-refractivity contribution is 5.67. The number of ether oxygens (including phenoxy) is 1. The van der Waals surface area contributed by atoms with Crippen molar-refractivity contribution in [1.82, 2.24) is 5.06 Å². The molecule has 0 aliphatic heterocycles. The lowest BCUT2D eigenvalue weighted by Crippen LogP contribution is -2.24. The van der Waals surface area contributed by atoms with Gasteiger partial charge in [-0.1, -0.05) is 6.58 Å². The number of carbonyl (C=O) groups excluding carboxylic acids is 1. The summed E-state index contributed by atoms with van der Waals surface area (Å²) in [5.74, 6) is 0. The van der Waals surface area contributed by atoms with Crippen molar-refractivity contribution in [3.05, 3.63) is 12.8 Å². The second kappa shape index (κ2) is 4.81. The summed E-state index contributed by atoms with van der Waals surface area (Å²) in [6.07, 6.45) is 0.679. The first-order valence-electron chi connectivity index (χ1n) is 2.88. The highest BCUT2D eigenvalue weighted by atomic mass is 16.7. The van der Waals surface area contributed by atoms with Gasteiger partial charge in [0.25, 0.3) is 0 Å². The van der Waals surface area contributed by atoms with Crippen LogP contribution in [0.25, 0.3) is 0 Å². The van der Waals surface area contributed by atoms with E-state index in [0.29, 0.717) is 6.61 Å². The highest BCUT2D eigenvalue weighted by Crippen LogP contribution is 1.92. The zero-order valence-corrected chi connectivity index (χ0v) is 6.16. The van der Waals surface area contributed by atoms with Crippen LogP contribution < -0.4 is 0 Å². The fourth-order valence-electron chi connectivity index (χ4n) is 0.411. The van der Waals surface area contributed by atoms with Gasteiger partial charge in [0, 0.05) is 6.20 Å². The first-order chi connectivity index (χ1) is 4.76. The largest absolute Gasteiger partial charge is 0.448 e. The summed E-state index contributed by atoms with van der Waals surface area (Å²) in [6, 6.07) is 0. The van der Waals surface area contributed by atoms with Gasteiger partial charge in [-0.3, -0.25) is 4.84 Å². The first kappa shape index (κ1) is 8.97. The van der Waals surface area contributed by atoms with E-state index in [1.165, 1.54) is 13.3 Å². The molecule has 0 aromatic rings. The Labute approximate surface area is 60.0 Å². The SMILES string of the molecule is C=CN(OC)C(=O)OCC. The van der Waals surface area contributed by atoms with E-state index in [4.69, 9.17) is 0 Å². The number of rotatable bonds is 3. The third-order valence-corrected chi connectivity index (χ3v) is 0.810. The van der Waals surface area contributed by atoms with Crippen molar-refractivity contribution in [3.8, 4) is 0 Å². The first-order valence-corrected chi connectivity index (χ1v) is 2.88. The van der Waals surface area contributed by atoms with E-state index in [1.54, 1.807) is 6.92 Å². The van der Waals surface area contributed by atoms with Crippen molar-refractivity contribution in [2.75, 3.05) is 13.7 Å². The molecule has 0 aromatic heterocycles. The molecule has 0 aliphatic rings. The second-order valence-electron chi connectivity index (χ2n) is 1.39. The van der Waals surface area contributed by atoms with E-state index in [2.05, 4.69) is 16.2 Å². The number of hydroxylamine groups is 2. The normalized spacial score (nSPS) is 8.60. The fraction of sp³-hybridized carbons (Fsp3) is 0.500. The molecule has 10 heavy (non-hydrogen) atoms. The van der Waals surface area contributed by atoms with Crippen LogP contribution in [-0.4, -0.2) is 24.9 Å². The fourth-order valence-corrected chi connectivity index (χ4v) is 0.411. The summed E-state index contributed by atoms with van der Waals surface area (Å²) in [4.78, 5) is 15.3. The summed E-state index contributed by atoms with van der Waals surface area (Å²) in [5, 5.41) is 0.906. The van der Waals surface area contributed by atoms with Crippen LogP contribution >= 0.6 is 0 Å². The van der Waals surface area contributed by atoms with Crippen molar-refractivity contribution in [2.45, 2.75) is 6.92 Å². The molecule has 0 aromatic carbocycles. The third-order valence-electron chi connectivity index (χ3n) is 0.810. The van der Waals surface area contributed by atoms with Crippen molar-refractivity contribution in [2.24, 2.45) is 0 Å². The maximum absolute atomic E-state index is 10.7. The maximum atomic E-state index is 10.7. The molecule has 0 aliphatic carbocycles. The Hall–Kier alpha value is -1.03. The van der Waals surface area contributed by atoms with Crippen LogP contribution in [0.3, 0.4) is 0 Å². The van der Waals surface area contributed by atoms with E-state index in [-0.39, 0.29) is 0 Å². The van der Waals surface area contributed by atoms with Crippen molar-refractivity contribution >= 4 is 6.09 Å². The highest BCUT2D eigenvalue weighted by Gasteiger charge is 2.08. The van der Waals surface area contributed by atoms with E-state index in [1.807, 2.05) is 0 Å². The quantitative estimate of drug-likeness (QED) is 0.559. The number of amides is 1. The van der Waals surface area contributed by atoms with Gasteiger partial charge in [-0.05, 0) is 6.92 Å². The molecule has 1 amide bonds. The van der Waals surface area contributed by atoms with E-state index < -0.39 is 6.09 Å². The Morgan fingerprint density at radius 3 is 2.70 bits per heavy atom. The predicted molar refractivity (Wildman–Crippen MR) is 36.1 cm³/mol. The average Bonchev–Trinajstić information content (AvgIpc) is 1.91. The van der Waals surface area contributed by atoms with Gasteiger partial charge in [0.15, 0.2) is 0 Å². The van der Waals surface area contributed by atoms with Gasteiger partial charge in [0.05, 0.1) is 13.7 Å². The zero-order chi connectivity index (χ0) is 7.98. The molecule has 0 bridgehead atoms. The minimum Gasteiger partial charge on any atom is -0.448 e. The number of hydrogen-bond acceptors (Lipinski definition) is 3. The number of nitrogens with zero attached hydrogens (tertiary/aromatic N) is 1. The molecule has 0 spiro atoms. The van der Waals surface area contributed by atoms with Crippen molar-refractivity contribution in [1.29, 1.82) is 0 Å². The Balaban J connectivity index is 3.76. The topological polar surface area (TPSA) is 38.8 Å². The Bertz CT molecular complexity index is 124. The van der Waals surface area contributed by atoms with Crippen LogP contribution in [0, 0.1) is 0 Å². The zero-order valence-electron chi connectivity index (χ0n) is 6.16. The van der Waals surface area contributed by atoms with Crippen molar-refractivity contribution < 1.29 is 14.4 Å². The molecular weight excluding hydrogens is 134 g/mol. The molecule has 0 heterocycles. The Morgan fingerprint density at radius 1 is 1.80 bits per heavy atom. The molecule has 0 radical (unpaired) electrons. The van der Waals surface area contributed by atoms with Crippen LogP contribution in [0.15, 0.2) is 12.8 Å². The molecular formula is C6H11NO3. The van der Waals surface area contributed by atoms with Gasteiger partial charge in [0.2, 0.25) is 0 Å². The number of carbonyl (C=O) groups is 1. The molecule has 4 nitrogen and oxygen atoms in total. The molecule has 0 N–H and O–H groups in total. The molecule has 4 heteroatoms. The predicted octanol–water partition coefficient (Wildman–Crippen LogP) is 1.15. The van der Waals surface area contributed by atoms with Gasteiger partial charge in [0.1, 0.15) is 0 Å². The van der Waals surface area contributed by atoms with Crippen LogP contribution in [-0.2, 0) is 9.57 Å². The van der Waals surface area contributed by atoms with Crippen LogP contribution in [0.1, 0.15) is 6.92 Å². The summed E-state index contributed by atoms with van der Waals surface area (Å²) in [5.41, 5.74) is 0. The average molecular weight is 145 g/mol. The smallest absolute Gasteiger partial charge is 0.438 e. The van der Waals surface area contributed by atoms with E-state index in [0.717, 1.165) is 5.06 Å². The van der Waals surface area contributed by atoms with E-state index in [9.17, 15) is 4.79 Å². The molecule has 0 unspecified atom stereocenters. The lowest BCUT2D eigenvalue weighted by molar-refractivity contribution is -0.0716. The molecule has 0 saturated heterocycles. The van der Waals surface area contributed by atoms with Gasteiger partial charge in [-0.15, -0.1) is 0 Å². The van der Waals surface area contributed by atoms with Gasteiger partial charge < -0.3 is 4.74 Å². The number of hydrogen-bond donors (Lipinski definition) is 0. The molecule has 0 atom stereocenters. The molecule has 0 rings (SSSR count). The molecule has 0 fully saturated rings. The Morgan fingerprint density at radius 2 is 2.40 bits per heavy atom. The van der Waals surface area contributed by atoms with Gasteiger partial charge >= 0.3 is 6.09 Å². The van der Waals surface area contributed by atoms with Crippen LogP contribution in [0.2, 0.25) is 0 Å². The van der Waals surface area contributed by atoms with Crippen LogP contribution in [0.5, 0.6) is 0 Å². The Kier molecular flexibility index (Phi) is 4.32. The van der Waals surface area contributed by atoms with Gasteiger partial charge in [-0.2, -0.15) is 5.06 Å². The summed E-state index contributed by atoms with van der Waals surface area (Å²) in [6.45, 7) is 5.38. The lowest BCUT2D eigenvalue weighted by Gasteiger charge is -2.12. The van der Waals surface area contributed by atoms with Crippen LogP contribution in [0.4, 0.5) is 4.79 Å². The maximum Gasteiger partial charge on any atom is 0.438 e. The summed E-state index contributed by atoms with van der Waals surface area (Å²) in [7, 11) is 1.36. The second-order valence-corrected chi connectivity index (χ2v) is 1.39. The van der Waals surface area contributed by atoms with Crippen molar-refractivity contribution in [3.63, 3.8) is 0 Å². The minimum atomic E-state index is -0.556.